The van der Waals surface area contributed by atoms with Gasteiger partial charge in [-0.3, -0.25) is 18.8 Å². The molecule has 1 N–H and O–H groups in total. The topological polar surface area (TPSA) is 88.5 Å². The quantitative estimate of drug-likeness (QED) is 0.315. The van der Waals surface area contributed by atoms with E-state index in [1.165, 1.54) is 0 Å². The molecule has 0 atom stereocenters. The Balaban J connectivity index is 1.10. The number of aromatic nitrogens is 6. The Labute approximate surface area is 237 Å². The Bertz CT molecular complexity index is 1710. The van der Waals surface area contributed by atoms with Gasteiger partial charge in [0.2, 0.25) is 5.91 Å². The standard InChI is InChI=1S/C29H32ClN9O/c1-19-32-33-28-7-6-25-27(39(19)28)13-26(37(25)14-20-4-3-5-21(30)12-20)24-8-11-38(34-24)23-17-36(18-23)10-9-29(40)31-22-15-35(2)16-22/h3-8,11-13,22-23H,9-10,14-18H2,1-2H3,(H,31,40). The first-order chi connectivity index (χ1) is 19.4. The SMILES string of the molecule is Cc1nnc2ccc3c(cc(-c4ccn(C5CN(CCC(=O)NC6CN(C)C6)C5)n4)n3Cc3cccc(Cl)c3)n12. The van der Waals surface area contributed by atoms with Crippen molar-refractivity contribution in [3.05, 3.63) is 71.1 Å². The molecule has 206 valence electrons. The molecule has 0 saturated carbocycles. The molecule has 40 heavy (non-hydrogen) atoms. The van der Waals surface area contributed by atoms with Crippen LogP contribution in [0.5, 0.6) is 0 Å². The van der Waals surface area contributed by atoms with Gasteiger partial charge in [0.1, 0.15) is 11.5 Å². The van der Waals surface area contributed by atoms with E-state index in [0.717, 1.165) is 77.2 Å². The van der Waals surface area contributed by atoms with E-state index in [2.05, 4.69) is 76.5 Å². The summed E-state index contributed by atoms with van der Waals surface area (Å²) in [6, 6.07) is 17.0. The zero-order chi connectivity index (χ0) is 27.4. The molecule has 2 aliphatic rings. The van der Waals surface area contributed by atoms with E-state index in [0.29, 0.717) is 25.0 Å². The minimum Gasteiger partial charge on any atom is -0.351 e. The van der Waals surface area contributed by atoms with Crippen LogP contribution in [0, 0.1) is 6.92 Å². The van der Waals surface area contributed by atoms with Crippen LogP contribution in [0.3, 0.4) is 0 Å². The summed E-state index contributed by atoms with van der Waals surface area (Å²) in [5.74, 6) is 0.994. The van der Waals surface area contributed by atoms with Crippen LogP contribution in [0.1, 0.15) is 23.9 Å². The van der Waals surface area contributed by atoms with Crippen molar-refractivity contribution in [2.45, 2.75) is 32.0 Å². The zero-order valence-corrected chi connectivity index (χ0v) is 23.4. The van der Waals surface area contributed by atoms with Gasteiger partial charge in [-0.2, -0.15) is 5.10 Å². The van der Waals surface area contributed by atoms with Crippen molar-refractivity contribution in [1.29, 1.82) is 0 Å². The predicted octanol–water partition coefficient (Wildman–Crippen LogP) is 3.23. The van der Waals surface area contributed by atoms with Gasteiger partial charge in [0.05, 0.1) is 28.8 Å². The average Bonchev–Trinajstić information content (AvgIpc) is 3.60. The molecule has 4 aromatic heterocycles. The molecule has 2 fully saturated rings. The molecule has 1 amide bonds. The van der Waals surface area contributed by atoms with Crippen molar-refractivity contribution in [3.8, 4) is 11.4 Å². The lowest BCUT2D eigenvalue weighted by atomic mass is 10.1. The van der Waals surface area contributed by atoms with Gasteiger partial charge in [-0.05, 0) is 55.9 Å². The Morgan fingerprint density at radius 2 is 1.90 bits per heavy atom. The number of likely N-dealkylation sites (tertiary alicyclic amines) is 2. The maximum atomic E-state index is 12.3. The van der Waals surface area contributed by atoms with Gasteiger partial charge in [-0.1, -0.05) is 23.7 Å². The highest BCUT2D eigenvalue weighted by Gasteiger charge is 2.30. The van der Waals surface area contributed by atoms with Crippen LogP contribution in [-0.4, -0.2) is 90.5 Å². The number of likely N-dealkylation sites (N-methyl/N-ethyl adjacent to an activating group) is 1. The van der Waals surface area contributed by atoms with Crippen LogP contribution >= 0.6 is 11.6 Å². The molecule has 1 aromatic carbocycles. The van der Waals surface area contributed by atoms with E-state index in [9.17, 15) is 4.79 Å². The summed E-state index contributed by atoms with van der Waals surface area (Å²) in [5, 5.41) is 17.5. The number of amides is 1. The Morgan fingerprint density at radius 3 is 2.70 bits per heavy atom. The van der Waals surface area contributed by atoms with Gasteiger partial charge in [0, 0.05) is 56.9 Å². The summed E-state index contributed by atoms with van der Waals surface area (Å²) >= 11 is 6.32. The van der Waals surface area contributed by atoms with E-state index in [1.807, 2.05) is 31.2 Å². The highest BCUT2D eigenvalue weighted by atomic mass is 35.5. The lowest BCUT2D eigenvalue weighted by Crippen LogP contribution is -2.58. The van der Waals surface area contributed by atoms with E-state index in [4.69, 9.17) is 16.7 Å². The van der Waals surface area contributed by atoms with Gasteiger partial charge < -0.3 is 14.8 Å². The number of carbonyl (C=O) groups excluding carboxylic acids is 1. The predicted molar refractivity (Wildman–Crippen MR) is 155 cm³/mol. The summed E-state index contributed by atoms with van der Waals surface area (Å²) in [6.07, 6.45) is 2.61. The molecule has 11 heteroatoms. The van der Waals surface area contributed by atoms with Crippen LogP contribution in [0.2, 0.25) is 5.02 Å². The average molecular weight is 558 g/mol. The van der Waals surface area contributed by atoms with E-state index >= 15 is 0 Å². The second-order valence-corrected chi connectivity index (χ2v) is 11.6. The molecule has 0 radical (unpaired) electrons. The number of nitrogens with one attached hydrogen (secondary N) is 1. The summed E-state index contributed by atoms with van der Waals surface area (Å²) in [7, 11) is 2.07. The van der Waals surface area contributed by atoms with Gasteiger partial charge in [-0.25, -0.2) is 0 Å². The van der Waals surface area contributed by atoms with Crippen LogP contribution in [0.25, 0.3) is 28.1 Å². The van der Waals surface area contributed by atoms with Gasteiger partial charge in [0.15, 0.2) is 5.65 Å². The largest absolute Gasteiger partial charge is 0.351 e. The molecule has 0 bridgehead atoms. The van der Waals surface area contributed by atoms with Gasteiger partial charge in [-0.15, -0.1) is 10.2 Å². The van der Waals surface area contributed by atoms with Crippen LogP contribution in [0.4, 0.5) is 0 Å². The third-order valence-corrected chi connectivity index (χ3v) is 8.33. The first kappa shape index (κ1) is 25.3. The van der Waals surface area contributed by atoms with E-state index in [-0.39, 0.29) is 5.91 Å². The third kappa shape index (κ3) is 4.66. The Kier molecular flexibility index (Phi) is 6.33. The lowest BCUT2D eigenvalue weighted by Gasteiger charge is -2.39. The summed E-state index contributed by atoms with van der Waals surface area (Å²) in [6.45, 7) is 7.09. The van der Waals surface area contributed by atoms with Crippen molar-refractivity contribution in [1.82, 2.24) is 44.1 Å². The number of fused-ring (bicyclic) bond motifs is 3. The van der Waals surface area contributed by atoms with Crippen LogP contribution in [-0.2, 0) is 11.3 Å². The molecule has 2 saturated heterocycles. The lowest BCUT2D eigenvalue weighted by molar-refractivity contribution is -0.123. The van der Waals surface area contributed by atoms with Crippen LogP contribution in [0.15, 0.2) is 54.7 Å². The molecule has 10 nitrogen and oxygen atoms in total. The molecule has 5 aromatic rings. The van der Waals surface area contributed by atoms with Crippen LogP contribution < -0.4 is 5.32 Å². The maximum absolute atomic E-state index is 12.3. The summed E-state index contributed by atoms with van der Waals surface area (Å²) in [4.78, 5) is 16.8. The van der Waals surface area contributed by atoms with E-state index in [1.54, 1.807) is 0 Å². The number of rotatable bonds is 8. The fourth-order valence-corrected chi connectivity index (χ4v) is 6.18. The highest BCUT2D eigenvalue weighted by molar-refractivity contribution is 6.30. The molecule has 2 aliphatic heterocycles. The summed E-state index contributed by atoms with van der Waals surface area (Å²) in [5.41, 5.74) is 6.03. The first-order valence-electron chi connectivity index (χ1n) is 13.8. The second-order valence-electron chi connectivity index (χ2n) is 11.1. The van der Waals surface area contributed by atoms with Crippen molar-refractivity contribution in [2.75, 3.05) is 39.8 Å². The molecule has 7 rings (SSSR count). The normalized spacial score (nSPS) is 17.0. The Morgan fingerprint density at radius 1 is 1.05 bits per heavy atom. The minimum absolute atomic E-state index is 0.146. The highest BCUT2D eigenvalue weighted by Crippen LogP contribution is 2.31. The number of aryl methyl sites for hydroxylation is 1. The number of carbonyl (C=O) groups is 1. The van der Waals surface area contributed by atoms with Crippen molar-refractivity contribution < 1.29 is 4.79 Å². The smallest absolute Gasteiger partial charge is 0.221 e. The molecular formula is C29H32ClN9O. The van der Waals surface area contributed by atoms with Crippen molar-refractivity contribution >= 4 is 34.2 Å². The third-order valence-electron chi connectivity index (χ3n) is 8.10. The first-order valence-corrected chi connectivity index (χ1v) is 14.1. The maximum Gasteiger partial charge on any atom is 0.221 e. The number of hydrogen-bond donors (Lipinski definition) is 1. The molecule has 0 spiro atoms. The minimum atomic E-state index is 0.146. The van der Waals surface area contributed by atoms with Crippen molar-refractivity contribution in [2.24, 2.45) is 0 Å². The fraction of sp³-hybridized carbons (Fsp3) is 0.379. The Hall–Kier alpha value is -3.73. The number of halogens is 1. The molecular weight excluding hydrogens is 526 g/mol. The summed E-state index contributed by atoms with van der Waals surface area (Å²) < 4.78 is 6.45. The van der Waals surface area contributed by atoms with E-state index < -0.39 is 0 Å². The van der Waals surface area contributed by atoms with Gasteiger partial charge >= 0.3 is 0 Å². The van der Waals surface area contributed by atoms with Gasteiger partial charge in [0.25, 0.3) is 0 Å². The van der Waals surface area contributed by atoms with Crippen molar-refractivity contribution in [3.63, 3.8) is 0 Å². The zero-order valence-electron chi connectivity index (χ0n) is 22.7. The second kappa shape index (κ2) is 10.0. The number of pyridine rings is 1. The molecule has 6 heterocycles. The number of hydrogen-bond acceptors (Lipinski definition) is 6. The number of nitrogens with zero attached hydrogens (tertiary/aromatic N) is 8. The fourth-order valence-electron chi connectivity index (χ4n) is 5.96. The molecule has 0 unspecified atom stereocenters. The number of benzene rings is 1. The molecule has 0 aliphatic carbocycles. The monoisotopic (exact) mass is 557 g/mol.